The number of carbonyl (C=O) groups excluding carboxylic acids is 2. The molecule has 8 heteroatoms. The van der Waals surface area contributed by atoms with E-state index >= 15 is 0 Å². The van der Waals surface area contributed by atoms with Gasteiger partial charge in [-0.1, -0.05) is 24.3 Å². The molecule has 3 heterocycles. The van der Waals surface area contributed by atoms with E-state index in [2.05, 4.69) is 32.6 Å². The fourth-order valence-corrected chi connectivity index (χ4v) is 4.57. The molecule has 1 fully saturated rings. The molecule has 1 aromatic carbocycles. The van der Waals surface area contributed by atoms with Gasteiger partial charge in [0.2, 0.25) is 0 Å². The highest BCUT2D eigenvalue weighted by Crippen LogP contribution is 2.31. The van der Waals surface area contributed by atoms with Gasteiger partial charge in [0.15, 0.2) is 0 Å². The van der Waals surface area contributed by atoms with Crippen LogP contribution in [-0.4, -0.2) is 56.7 Å². The zero-order chi connectivity index (χ0) is 20.2. The van der Waals surface area contributed by atoms with Crippen LogP contribution in [0.15, 0.2) is 59.1 Å². The van der Waals surface area contributed by atoms with Crippen molar-refractivity contribution in [3.63, 3.8) is 0 Å². The standard InChI is InChI=1S/C21H24N4O3S/c1-28-20(26)18-16(22-21(27)23-19(18)17-8-5-13-29-17)14-24-9-11-25(12-10-24)15-6-3-2-4-7-15/h2-8,13,19H,9-12,14H2,1H3,(H2,22,23,27). The van der Waals surface area contributed by atoms with Gasteiger partial charge < -0.3 is 20.3 Å². The Morgan fingerprint density at radius 3 is 2.55 bits per heavy atom. The molecule has 0 spiro atoms. The predicted molar refractivity (Wildman–Crippen MR) is 113 cm³/mol. The minimum atomic E-state index is -0.489. The van der Waals surface area contributed by atoms with Gasteiger partial charge in [0, 0.05) is 49.0 Å². The van der Waals surface area contributed by atoms with Crippen molar-refractivity contribution < 1.29 is 14.3 Å². The van der Waals surface area contributed by atoms with Gasteiger partial charge in [-0.05, 0) is 23.6 Å². The summed E-state index contributed by atoms with van der Waals surface area (Å²) in [4.78, 5) is 30.4. The molecule has 4 rings (SSSR count). The molecule has 1 aromatic heterocycles. The Morgan fingerprint density at radius 2 is 1.90 bits per heavy atom. The fourth-order valence-electron chi connectivity index (χ4n) is 3.79. The maximum absolute atomic E-state index is 12.6. The van der Waals surface area contributed by atoms with Crippen LogP contribution in [0, 0.1) is 0 Å². The van der Waals surface area contributed by atoms with Gasteiger partial charge in [0.25, 0.3) is 0 Å². The summed E-state index contributed by atoms with van der Waals surface area (Å²) < 4.78 is 5.04. The highest BCUT2D eigenvalue weighted by molar-refractivity contribution is 7.10. The van der Waals surface area contributed by atoms with Gasteiger partial charge in [-0.3, -0.25) is 4.90 Å². The van der Waals surface area contributed by atoms with Crippen LogP contribution < -0.4 is 15.5 Å². The van der Waals surface area contributed by atoms with Gasteiger partial charge >= 0.3 is 12.0 Å². The van der Waals surface area contributed by atoms with Gasteiger partial charge in [-0.2, -0.15) is 0 Å². The van der Waals surface area contributed by atoms with Gasteiger partial charge in [0.1, 0.15) is 0 Å². The molecule has 0 saturated carbocycles. The zero-order valence-electron chi connectivity index (χ0n) is 16.3. The van der Waals surface area contributed by atoms with Gasteiger partial charge in [-0.15, -0.1) is 11.3 Å². The van der Waals surface area contributed by atoms with E-state index < -0.39 is 12.0 Å². The maximum Gasteiger partial charge on any atom is 0.338 e. The number of para-hydroxylation sites is 1. The van der Waals surface area contributed by atoms with Crippen molar-refractivity contribution in [1.82, 2.24) is 15.5 Å². The number of thiophene rings is 1. The topological polar surface area (TPSA) is 73.9 Å². The third kappa shape index (κ3) is 4.28. The Balaban J connectivity index is 1.52. The molecule has 0 radical (unpaired) electrons. The van der Waals surface area contributed by atoms with Gasteiger partial charge in [0.05, 0.1) is 18.7 Å². The van der Waals surface area contributed by atoms with Crippen LogP contribution in [-0.2, 0) is 9.53 Å². The van der Waals surface area contributed by atoms with Crippen LogP contribution in [0.1, 0.15) is 10.9 Å². The molecule has 1 atom stereocenters. The summed E-state index contributed by atoms with van der Waals surface area (Å²) in [5.41, 5.74) is 2.31. The number of amides is 2. The Hall–Kier alpha value is -2.84. The third-order valence-electron chi connectivity index (χ3n) is 5.26. The summed E-state index contributed by atoms with van der Waals surface area (Å²) in [5.74, 6) is -0.422. The van der Waals surface area contributed by atoms with E-state index in [9.17, 15) is 9.59 Å². The molecule has 2 amide bonds. The third-order valence-corrected chi connectivity index (χ3v) is 6.20. The molecule has 7 nitrogen and oxygen atoms in total. The number of carbonyl (C=O) groups is 2. The number of hydrogen-bond acceptors (Lipinski definition) is 6. The molecule has 2 N–H and O–H groups in total. The van der Waals surface area contributed by atoms with Crippen LogP contribution in [0.2, 0.25) is 0 Å². The second-order valence-electron chi connectivity index (χ2n) is 7.03. The largest absolute Gasteiger partial charge is 0.466 e. The quantitative estimate of drug-likeness (QED) is 0.738. The summed E-state index contributed by atoms with van der Waals surface area (Å²) in [6.07, 6.45) is 0. The first-order chi connectivity index (χ1) is 14.2. The Kier molecular flexibility index (Phi) is 5.82. The number of rotatable bonds is 5. The fraction of sp³-hybridized carbons (Fsp3) is 0.333. The van der Waals surface area contributed by atoms with E-state index in [0.717, 1.165) is 31.1 Å². The SMILES string of the molecule is COC(=O)C1=C(CN2CCN(c3ccccc3)CC2)NC(=O)NC1c1cccs1. The average Bonchev–Trinajstić information content (AvgIpc) is 3.29. The van der Waals surface area contributed by atoms with Crippen LogP contribution >= 0.6 is 11.3 Å². The summed E-state index contributed by atoms with van der Waals surface area (Å²) in [7, 11) is 1.37. The highest BCUT2D eigenvalue weighted by atomic mass is 32.1. The first kappa shape index (κ1) is 19.5. The normalized spacial score (nSPS) is 20.2. The zero-order valence-corrected chi connectivity index (χ0v) is 17.1. The molecule has 2 aliphatic heterocycles. The Morgan fingerprint density at radius 1 is 1.14 bits per heavy atom. The number of piperazine rings is 1. The van der Waals surface area contributed by atoms with Crippen molar-refractivity contribution in [2.24, 2.45) is 0 Å². The predicted octanol–water partition coefficient (Wildman–Crippen LogP) is 2.35. The van der Waals surface area contributed by atoms with Crippen molar-refractivity contribution in [2.75, 3.05) is 44.7 Å². The summed E-state index contributed by atoms with van der Waals surface area (Å²) in [6, 6.07) is 13.4. The van der Waals surface area contributed by atoms with Crippen LogP contribution in [0.5, 0.6) is 0 Å². The molecule has 1 unspecified atom stereocenters. The number of methoxy groups -OCH3 is 1. The molecule has 0 bridgehead atoms. The maximum atomic E-state index is 12.6. The first-order valence-electron chi connectivity index (χ1n) is 9.60. The summed E-state index contributed by atoms with van der Waals surface area (Å²) in [6.45, 7) is 3.98. The molecular formula is C21H24N4O3S. The molecule has 0 aliphatic carbocycles. The van der Waals surface area contributed by atoms with Crippen molar-refractivity contribution in [3.05, 3.63) is 64.0 Å². The van der Waals surface area contributed by atoms with E-state index in [-0.39, 0.29) is 6.03 Å². The van der Waals surface area contributed by atoms with Gasteiger partial charge in [-0.25, -0.2) is 9.59 Å². The van der Waals surface area contributed by atoms with Crippen LogP contribution in [0.4, 0.5) is 10.5 Å². The number of benzene rings is 1. The highest BCUT2D eigenvalue weighted by Gasteiger charge is 2.34. The van der Waals surface area contributed by atoms with E-state index in [0.29, 0.717) is 17.8 Å². The summed E-state index contributed by atoms with van der Waals surface area (Å²) >= 11 is 1.50. The number of anilines is 1. The second-order valence-corrected chi connectivity index (χ2v) is 8.01. The number of urea groups is 1. The Labute approximate surface area is 173 Å². The van der Waals surface area contributed by atoms with Crippen molar-refractivity contribution >= 4 is 29.0 Å². The van der Waals surface area contributed by atoms with E-state index in [1.54, 1.807) is 0 Å². The smallest absolute Gasteiger partial charge is 0.338 e. The monoisotopic (exact) mass is 412 g/mol. The molecule has 2 aromatic rings. The average molecular weight is 413 g/mol. The minimum Gasteiger partial charge on any atom is -0.466 e. The van der Waals surface area contributed by atoms with E-state index in [1.807, 2.05) is 35.7 Å². The number of hydrogen-bond donors (Lipinski definition) is 2. The lowest BCUT2D eigenvalue weighted by atomic mass is 10.0. The van der Waals surface area contributed by atoms with Crippen molar-refractivity contribution in [2.45, 2.75) is 6.04 Å². The molecular weight excluding hydrogens is 388 g/mol. The number of esters is 1. The van der Waals surface area contributed by atoms with Crippen molar-refractivity contribution in [1.29, 1.82) is 0 Å². The van der Waals surface area contributed by atoms with E-state index in [4.69, 9.17) is 4.74 Å². The molecule has 29 heavy (non-hydrogen) atoms. The minimum absolute atomic E-state index is 0.297. The summed E-state index contributed by atoms with van der Waals surface area (Å²) in [5, 5.41) is 7.63. The van der Waals surface area contributed by atoms with Crippen LogP contribution in [0.25, 0.3) is 0 Å². The van der Waals surface area contributed by atoms with Crippen molar-refractivity contribution in [3.8, 4) is 0 Å². The lowest BCUT2D eigenvalue weighted by Gasteiger charge is -2.37. The number of ether oxygens (including phenoxy) is 1. The molecule has 1 saturated heterocycles. The Bertz CT molecular complexity index is 890. The molecule has 152 valence electrons. The van der Waals surface area contributed by atoms with E-state index in [1.165, 1.54) is 24.1 Å². The number of nitrogens with zero attached hydrogens (tertiary/aromatic N) is 2. The molecule has 2 aliphatic rings. The lowest BCUT2D eigenvalue weighted by molar-refractivity contribution is -0.136. The first-order valence-corrected chi connectivity index (χ1v) is 10.5. The lowest BCUT2D eigenvalue weighted by Crippen LogP contribution is -2.51. The second kappa shape index (κ2) is 8.67. The van der Waals surface area contributed by atoms with Crippen LogP contribution in [0.3, 0.4) is 0 Å². The number of nitrogens with one attached hydrogen (secondary N) is 2.